The molecule has 35 heavy (non-hydrogen) atoms. The van der Waals surface area contributed by atoms with Gasteiger partial charge in [-0.05, 0) is 49.4 Å². The summed E-state index contributed by atoms with van der Waals surface area (Å²) in [5.74, 6) is 0.508. The Bertz CT molecular complexity index is 1200. The average Bonchev–Trinajstić information content (AvgIpc) is 2.82. The lowest BCUT2D eigenvalue weighted by Gasteiger charge is -2.36. The predicted octanol–water partition coefficient (Wildman–Crippen LogP) is 3.31. The van der Waals surface area contributed by atoms with Crippen molar-refractivity contribution in [2.75, 3.05) is 31.0 Å². The zero-order chi connectivity index (χ0) is 25.2. The number of carbonyl (C=O) groups excluding carboxylic acids is 2. The molecule has 188 valence electrons. The van der Waals surface area contributed by atoms with Crippen molar-refractivity contribution in [2.45, 2.75) is 38.2 Å². The number of fused-ring (bicyclic) bond motifs is 1. The van der Waals surface area contributed by atoms with Crippen LogP contribution in [-0.2, 0) is 19.6 Å². The third kappa shape index (κ3) is 5.70. The van der Waals surface area contributed by atoms with Gasteiger partial charge in [-0.2, -0.15) is 0 Å². The predicted molar refractivity (Wildman–Crippen MR) is 129 cm³/mol. The maximum atomic E-state index is 13.0. The van der Waals surface area contributed by atoms with Gasteiger partial charge in [-0.25, -0.2) is 13.2 Å². The van der Waals surface area contributed by atoms with Crippen LogP contribution in [0.4, 0.5) is 5.69 Å². The van der Waals surface area contributed by atoms with E-state index in [-0.39, 0.29) is 22.1 Å². The first kappa shape index (κ1) is 24.8. The molecule has 3 atom stereocenters. The van der Waals surface area contributed by atoms with Crippen LogP contribution in [0.5, 0.6) is 11.5 Å². The van der Waals surface area contributed by atoms with Crippen LogP contribution in [0.1, 0.15) is 37.6 Å². The second kappa shape index (κ2) is 10.2. The Balaban J connectivity index is 1.48. The summed E-state index contributed by atoms with van der Waals surface area (Å²) >= 11 is 0. The molecule has 4 rings (SSSR count). The Morgan fingerprint density at radius 2 is 1.69 bits per heavy atom. The summed E-state index contributed by atoms with van der Waals surface area (Å²) in [6, 6.07) is 10.4. The molecule has 0 aromatic heterocycles. The van der Waals surface area contributed by atoms with Gasteiger partial charge in [-0.15, -0.1) is 0 Å². The number of nitrogens with zero attached hydrogens (tertiary/aromatic N) is 1. The Morgan fingerprint density at radius 1 is 1.03 bits per heavy atom. The fraction of sp³-hybridized carbons (Fsp3) is 0.440. The van der Waals surface area contributed by atoms with Crippen molar-refractivity contribution in [2.24, 2.45) is 11.8 Å². The number of carbonyl (C=O) groups is 2. The largest absolute Gasteiger partial charge is 0.486 e. The highest BCUT2D eigenvalue weighted by Gasteiger charge is 2.31. The molecule has 2 aromatic carbocycles. The summed E-state index contributed by atoms with van der Waals surface area (Å²) in [6.07, 6.45) is 0.0527. The molecule has 1 N–H and O–H groups in total. The molecule has 2 aliphatic heterocycles. The Labute approximate surface area is 205 Å². The van der Waals surface area contributed by atoms with E-state index in [1.165, 1.54) is 37.3 Å². The molecule has 10 heteroatoms. The fourth-order valence-corrected chi connectivity index (χ4v) is 5.61. The van der Waals surface area contributed by atoms with Crippen LogP contribution in [0.3, 0.4) is 0 Å². The van der Waals surface area contributed by atoms with Gasteiger partial charge in [-0.3, -0.25) is 9.52 Å². The van der Waals surface area contributed by atoms with E-state index < -0.39 is 22.1 Å². The van der Waals surface area contributed by atoms with Crippen molar-refractivity contribution >= 4 is 27.6 Å². The first-order valence-electron chi connectivity index (χ1n) is 11.7. The van der Waals surface area contributed by atoms with Gasteiger partial charge in [0.15, 0.2) is 17.6 Å². The molecule has 1 amide bonds. The minimum absolute atomic E-state index is 0.00801. The van der Waals surface area contributed by atoms with Crippen LogP contribution < -0.4 is 14.2 Å². The summed E-state index contributed by atoms with van der Waals surface area (Å²) in [4.78, 5) is 27.5. The van der Waals surface area contributed by atoms with Gasteiger partial charge in [0, 0.05) is 19.2 Å². The van der Waals surface area contributed by atoms with E-state index >= 15 is 0 Å². The molecule has 1 saturated heterocycles. The molecule has 0 saturated carbocycles. The van der Waals surface area contributed by atoms with Crippen LogP contribution in [0, 0.1) is 11.8 Å². The highest BCUT2D eigenvalue weighted by molar-refractivity contribution is 7.92. The lowest BCUT2D eigenvalue weighted by molar-refractivity contribution is -0.142. The Kier molecular flexibility index (Phi) is 7.20. The third-order valence-corrected chi connectivity index (χ3v) is 7.39. The zero-order valence-corrected chi connectivity index (χ0v) is 20.8. The number of likely N-dealkylation sites (tertiary alicyclic amines) is 1. The molecule has 2 aromatic rings. The maximum Gasteiger partial charge on any atom is 0.341 e. The number of rotatable bonds is 6. The van der Waals surface area contributed by atoms with Crippen molar-refractivity contribution in [1.29, 1.82) is 0 Å². The number of hydrogen-bond acceptors (Lipinski definition) is 7. The van der Waals surface area contributed by atoms with E-state index in [1.54, 1.807) is 17.0 Å². The number of nitrogens with one attached hydrogen (secondary N) is 1. The SMILES string of the molecule is C[C@@H]1C[C@@H](C)CN(C(=O)[C@@H](C)OC(=O)c2ccccc2NS(=O)(=O)c2ccc3c(c2)OCCO3)C1. The number of hydrogen-bond donors (Lipinski definition) is 1. The molecule has 9 nitrogen and oxygen atoms in total. The van der Waals surface area contributed by atoms with Gasteiger partial charge in [0.2, 0.25) is 0 Å². The highest BCUT2D eigenvalue weighted by Crippen LogP contribution is 2.33. The number of ether oxygens (including phenoxy) is 3. The van der Waals surface area contributed by atoms with E-state index in [9.17, 15) is 18.0 Å². The average molecular weight is 503 g/mol. The minimum atomic E-state index is -4.05. The summed E-state index contributed by atoms with van der Waals surface area (Å²) < 4.78 is 44.9. The second-order valence-corrected chi connectivity index (χ2v) is 10.9. The lowest BCUT2D eigenvalue weighted by Crippen LogP contribution is -2.47. The molecule has 0 spiro atoms. The fourth-order valence-electron chi connectivity index (χ4n) is 4.52. The number of benzene rings is 2. The zero-order valence-electron chi connectivity index (χ0n) is 20.0. The first-order chi connectivity index (χ1) is 16.6. The standard InChI is InChI=1S/C25H30N2O7S/c1-16-12-17(2)15-27(14-16)24(28)18(3)34-25(29)20-6-4-5-7-21(20)26-35(30,31)19-8-9-22-23(13-19)33-11-10-32-22/h4-9,13,16-18,26H,10-12,14-15H2,1-3H3/t16-,17-,18-/m1/s1. The van der Waals surface area contributed by atoms with Gasteiger partial charge in [0.1, 0.15) is 13.2 Å². The monoisotopic (exact) mass is 502 g/mol. The molecular weight excluding hydrogens is 472 g/mol. The van der Waals surface area contributed by atoms with Crippen LogP contribution in [0.2, 0.25) is 0 Å². The summed E-state index contributed by atoms with van der Waals surface area (Å²) in [7, 11) is -4.05. The van der Waals surface area contributed by atoms with Gasteiger partial charge in [0.05, 0.1) is 16.1 Å². The number of piperidine rings is 1. The Hall–Kier alpha value is -3.27. The number of sulfonamides is 1. The Morgan fingerprint density at radius 3 is 2.40 bits per heavy atom. The van der Waals surface area contributed by atoms with Crippen LogP contribution >= 0.6 is 0 Å². The molecular formula is C25H30N2O7S. The van der Waals surface area contributed by atoms with E-state index in [1.807, 2.05) is 0 Å². The van der Waals surface area contributed by atoms with Crippen molar-refractivity contribution in [3.8, 4) is 11.5 Å². The lowest BCUT2D eigenvalue weighted by atomic mass is 9.91. The van der Waals surface area contributed by atoms with E-state index in [4.69, 9.17) is 14.2 Å². The van der Waals surface area contributed by atoms with Gasteiger partial charge >= 0.3 is 5.97 Å². The maximum absolute atomic E-state index is 13.0. The molecule has 0 bridgehead atoms. The van der Waals surface area contributed by atoms with E-state index in [0.29, 0.717) is 49.6 Å². The highest BCUT2D eigenvalue weighted by atomic mass is 32.2. The van der Waals surface area contributed by atoms with Crippen molar-refractivity contribution in [3.05, 3.63) is 48.0 Å². The molecule has 0 unspecified atom stereocenters. The number of anilines is 1. The summed E-state index contributed by atoms with van der Waals surface area (Å²) in [6.45, 7) is 7.68. The molecule has 2 aliphatic rings. The van der Waals surface area contributed by atoms with E-state index in [0.717, 1.165) is 6.42 Å². The van der Waals surface area contributed by atoms with Gasteiger partial charge in [-0.1, -0.05) is 26.0 Å². The van der Waals surface area contributed by atoms with Crippen molar-refractivity contribution < 1.29 is 32.2 Å². The first-order valence-corrected chi connectivity index (χ1v) is 13.1. The number of para-hydroxylation sites is 1. The third-order valence-electron chi connectivity index (χ3n) is 6.03. The summed E-state index contributed by atoms with van der Waals surface area (Å²) in [5.41, 5.74) is 0.0564. The van der Waals surface area contributed by atoms with E-state index in [2.05, 4.69) is 18.6 Å². The molecule has 0 radical (unpaired) electrons. The van der Waals surface area contributed by atoms with Crippen LogP contribution in [0.15, 0.2) is 47.4 Å². The van der Waals surface area contributed by atoms with Crippen LogP contribution in [0.25, 0.3) is 0 Å². The van der Waals surface area contributed by atoms with Gasteiger partial charge in [0.25, 0.3) is 15.9 Å². The van der Waals surface area contributed by atoms with Crippen molar-refractivity contribution in [1.82, 2.24) is 4.90 Å². The minimum Gasteiger partial charge on any atom is -0.486 e. The smallest absolute Gasteiger partial charge is 0.341 e. The van der Waals surface area contributed by atoms with Crippen LogP contribution in [-0.4, -0.2) is 57.6 Å². The number of amides is 1. The quantitative estimate of drug-likeness (QED) is 0.603. The topological polar surface area (TPSA) is 111 Å². The molecule has 1 fully saturated rings. The number of esters is 1. The normalized spacial score (nSPS) is 20.6. The second-order valence-electron chi connectivity index (χ2n) is 9.19. The molecule has 0 aliphatic carbocycles. The summed E-state index contributed by atoms with van der Waals surface area (Å²) in [5, 5.41) is 0. The molecule has 2 heterocycles. The van der Waals surface area contributed by atoms with Crippen molar-refractivity contribution in [3.63, 3.8) is 0 Å². The van der Waals surface area contributed by atoms with Gasteiger partial charge < -0.3 is 19.1 Å².